The first-order valence-corrected chi connectivity index (χ1v) is 11.2. The van der Waals surface area contributed by atoms with Crippen molar-refractivity contribution in [2.45, 2.75) is 40.5 Å². The molecule has 0 bridgehead atoms. The third-order valence-electron chi connectivity index (χ3n) is 4.87. The molecule has 0 spiro atoms. The molecule has 0 unspecified atom stereocenters. The highest BCUT2D eigenvalue weighted by atomic mass is 16.5. The average molecular weight is 458 g/mol. The first-order valence-electron chi connectivity index (χ1n) is 11.2. The van der Waals surface area contributed by atoms with Crippen molar-refractivity contribution in [2.75, 3.05) is 34.5 Å². The van der Waals surface area contributed by atoms with Crippen molar-refractivity contribution in [1.29, 1.82) is 0 Å². The van der Waals surface area contributed by atoms with Crippen LogP contribution in [0.25, 0.3) is 16.8 Å². The molecule has 0 saturated heterocycles. The summed E-state index contributed by atoms with van der Waals surface area (Å²) in [4.78, 5) is 0. The monoisotopic (exact) mass is 457 g/mol. The largest absolute Gasteiger partial charge is 0.494 e. The molecule has 3 rings (SSSR count). The Balaban J connectivity index is 0.00000187. The van der Waals surface area contributed by atoms with Crippen LogP contribution in [0.1, 0.15) is 46.1 Å². The standard InChI is InChI=1S/C24H29NO6.C2H6/c1-6-8-17(9-10-20-16(2)29-11-7-12-30-20)19-15-31-25-23(19)18-13-21(26-3)24(28-5)22(14-18)27-4;1-2/h8-10,13-15H,6-7,11-12H2,1-5H3;1-2H3/b10-9-,17-8+;. The van der Waals surface area contributed by atoms with Gasteiger partial charge in [-0.3, -0.25) is 0 Å². The number of aromatic nitrogens is 1. The van der Waals surface area contributed by atoms with Gasteiger partial charge in [0.2, 0.25) is 5.75 Å². The third kappa shape index (κ3) is 6.34. The molecule has 0 atom stereocenters. The van der Waals surface area contributed by atoms with Gasteiger partial charge in [-0.05, 0) is 37.1 Å². The molecule has 33 heavy (non-hydrogen) atoms. The van der Waals surface area contributed by atoms with Gasteiger partial charge in [0.25, 0.3) is 0 Å². The molecule has 1 aliphatic rings. The molecule has 180 valence electrons. The Morgan fingerprint density at radius 1 is 1.03 bits per heavy atom. The Morgan fingerprint density at radius 2 is 1.70 bits per heavy atom. The van der Waals surface area contributed by atoms with E-state index in [1.807, 2.05) is 45.1 Å². The van der Waals surface area contributed by atoms with Crippen molar-refractivity contribution >= 4 is 5.57 Å². The Kier molecular flexibility index (Phi) is 10.4. The summed E-state index contributed by atoms with van der Waals surface area (Å²) in [7, 11) is 4.74. The van der Waals surface area contributed by atoms with Crippen molar-refractivity contribution in [3.05, 3.63) is 53.7 Å². The molecule has 0 aliphatic carbocycles. The Morgan fingerprint density at radius 3 is 2.30 bits per heavy atom. The lowest BCUT2D eigenvalue weighted by molar-refractivity contribution is 0.210. The van der Waals surface area contributed by atoms with Crippen LogP contribution < -0.4 is 14.2 Å². The van der Waals surface area contributed by atoms with Gasteiger partial charge in [-0.2, -0.15) is 0 Å². The zero-order valence-electron chi connectivity index (χ0n) is 20.7. The molecule has 0 radical (unpaired) electrons. The van der Waals surface area contributed by atoms with Crippen molar-refractivity contribution < 1.29 is 28.2 Å². The highest BCUT2D eigenvalue weighted by molar-refractivity contribution is 5.84. The number of nitrogens with zero attached hydrogens (tertiary/aromatic N) is 1. The maximum atomic E-state index is 5.82. The van der Waals surface area contributed by atoms with E-state index in [9.17, 15) is 0 Å². The number of hydrogen-bond donors (Lipinski definition) is 0. The van der Waals surface area contributed by atoms with E-state index in [4.69, 9.17) is 28.2 Å². The van der Waals surface area contributed by atoms with E-state index in [2.05, 4.69) is 18.2 Å². The van der Waals surface area contributed by atoms with E-state index < -0.39 is 0 Å². The Hall–Kier alpha value is -3.35. The summed E-state index contributed by atoms with van der Waals surface area (Å²) in [6.45, 7) is 9.29. The number of allylic oxidation sites excluding steroid dienone is 5. The molecule has 0 amide bonds. The van der Waals surface area contributed by atoms with E-state index in [0.29, 0.717) is 36.2 Å². The molecule has 0 saturated carbocycles. The number of ether oxygens (including phenoxy) is 5. The molecular formula is C26H35NO6. The molecule has 7 heteroatoms. The summed E-state index contributed by atoms with van der Waals surface area (Å²) >= 11 is 0. The lowest BCUT2D eigenvalue weighted by Gasteiger charge is -2.14. The maximum Gasteiger partial charge on any atom is 0.203 e. The van der Waals surface area contributed by atoms with Gasteiger partial charge in [-0.1, -0.05) is 38.1 Å². The van der Waals surface area contributed by atoms with Gasteiger partial charge in [0.15, 0.2) is 17.3 Å². The van der Waals surface area contributed by atoms with Crippen LogP contribution in [-0.4, -0.2) is 39.7 Å². The normalized spacial score (nSPS) is 14.1. The second kappa shape index (κ2) is 13.3. The van der Waals surface area contributed by atoms with Gasteiger partial charge >= 0.3 is 0 Å². The molecule has 1 aliphatic heterocycles. The number of methoxy groups -OCH3 is 3. The first-order chi connectivity index (χ1) is 16.1. The smallest absolute Gasteiger partial charge is 0.203 e. The van der Waals surface area contributed by atoms with E-state index in [1.54, 1.807) is 27.6 Å². The quantitative estimate of drug-likeness (QED) is 0.424. The molecule has 2 aromatic rings. The molecule has 1 aromatic carbocycles. The fraction of sp³-hybridized carbons (Fsp3) is 0.423. The van der Waals surface area contributed by atoms with Crippen LogP contribution in [0.4, 0.5) is 0 Å². The van der Waals surface area contributed by atoms with E-state index in [-0.39, 0.29) is 0 Å². The fourth-order valence-corrected chi connectivity index (χ4v) is 3.33. The summed E-state index contributed by atoms with van der Waals surface area (Å²) in [6, 6.07) is 3.70. The van der Waals surface area contributed by atoms with Gasteiger partial charge in [0.05, 0.1) is 34.5 Å². The summed E-state index contributed by atoms with van der Waals surface area (Å²) in [5, 5.41) is 4.25. The molecule has 2 heterocycles. The molecule has 1 aromatic heterocycles. The second-order valence-electron chi connectivity index (χ2n) is 6.86. The predicted molar refractivity (Wildman–Crippen MR) is 130 cm³/mol. The minimum atomic E-state index is 0.524. The van der Waals surface area contributed by atoms with Gasteiger partial charge < -0.3 is 28.2 Å². The van der Waals surface area contributed by atoms with Crippen molar-refractivity contribution in [2.24, 2.45) is 0 Å². The van der Waals surface area contributed by atoms with Crippen LogP contribution in [0.5, 0.6) is 17.2 Å². The maximum absolute atomic E-state index is 5.82. The number of benzene rings is 1. The third-order valence-corrected chi connectivity index (χ3v) is 4.87. The van der Waals surface area contributed by atoms with Gasteiger partial charge in [0, 0.05) is 17.5 Å². The highest BCUT2D eigenvalue weighted by Gasteiger charge is 2.19. The van der Waals surface area contributed by atoms with Crippen molar-refractivity contribution in [3.63, 3.8) is 0 Å². The highest BCUT2D eigenvalue weighted by Crippen LogP contribution is 2.42. The number of rotatable bonds is 8. The summed E-state index contributed by atoms with van der Waals surface area (Å²) in [6.07, 6.45) is 9.37. The van der Waals surface area contributed by atoms with Gasteiger partial charge in [-0.15, -0.1) is 0 Å². The van der Waals surface area contributed by atoms with Crippen LogP contribution >= 0.6 is 0 Å². The van der Waals surface area contributed by atoms with Crippen molar-refractivity contribution in [3.8, 4) is 28.5 Å². The zero-order valence-corrected chi connectivity index (χ0v) is 20.7. The molecular weight excluding hydrogens is 422 g/mol. The average Bonchev–Trinajstić information content (AvgIpc) is 3.25. The van der Waals surface area contributed by atoms with E-state index >= 15 is 0 Å². The predicted octanol–water partition coefficient (Wildman–Crippen LogP) is 6.41. The lowest BCUT2D eigenvalue weighted by Crippen LogP contribution is -1.96. The lowest BCUT2D eigenvalue weighted by atomic mass is 9.99. The summed E-state index contributed by atoms with van der Waals surface area (Å²) in [5.74, 6) is 3.13. The van der Waals surface area contributed by atoms with Crippen LogP contribution in [0.2, 0.25) is 0 Å². The van der Waals surface area contributed by atoms with Crippen molar-refractivity contribution in [1.82, 2.24) is 5.16 Å². The van der Waals surface area contributed by atoms with Crippen LogP contribution in [-0.2, 0) is 9.47 Å². The van der Waals surface area contributed by atoms with Gasteiger partial charge in [0.1, 0.15) is 17.7 Å². The zero-order chi connectivity index (χ0) is 24.2. The Labute approximate surface area is 196 Å². The van der Waals surface area contributed by atoms with Crippen LogP contribution in [0.3, 0.4) is 0 Å². The molecule has 7 nitrogen and oxygen atoms in total. The topological polar surface area (TPSA) is 72.2 Å². The fourth-order valence-electron chi connectivity index (χ4n) is 3.33. The summed E-state index contributed by atoms with van der Waals surface area (Å²) in [5.41, 5.74) is 3.27. The van der Waals surface area contributed by atoms with Crippen LogP contribution in [0, 0.1) is 0 Å². The van der Waals surface area contributed by atoms with Gasteiger partial charge in [-0.25, -0.2) is 0 Å². The first kappa shape index (κ1) is 25.9. The summed E-state index contributed by atoms with van der Waals surface area (Å²) < 4.78 is 33.3. The SMILES string of the molecule is CC.CC/C=C(\C=C/C1=C(C)OCCCO1)c1conc1-c1cc(OC)c(OC)c(OC)c1. The van der Waals surface area contributed by atoms with E-state index in [0.717, 1.165) is 41.1 Å². The molecule has 0 N–H and O–H groups in total. The van der Waals surface area contributed by atoms with E-state index in [1.165, 1.54) is 0 Å². The van der Waals surface area contributed by atoms with Crippen LogP contribution in [0.15, 0.2) is 52.7 Å². The minimum Gasteiger partial charge on any atom is -0.494 e. The molecule has 0 fully saturated rings. The Bertz CT molecular complexity index is 961. The minimum absolute atomic E-state index is 0.524. The number of hydrogen-bond acceptors (Lipinski definition) is 7. The second-order valence-corrected chi connectivity index (χ2v) is 6.86.